The molecule has 0 radical (unpaired) electrons. The number of hydrogen-bond acceptors (Lipinski definition) is 5. The Bertz CT molecular complexity index is 933. The van der Waals surface area contributed by atoms with Gasteiger partial charge in [-0.2, -0.15) is 9.97 Å². The van der Waals surface area contributed by atoms with Crippen molar-refractivity contribution in [2.45, 2.75) is 36.5 Å². The van der Waals surface area contributed by atoms with Gasteiger partial charge >= 0.3 is 0 Å². The highest BCUT2D eigenvalue weighted by Crippen LogP contribution is 2.37. The Labute approximate surface area is 179 Å². The van der Waals surface area contributed by atoms with Crippen LogP contribution in [0.5, 0.6) is 0 Å². The Balaban J connectivity index is 1.94. The Morgan fingerprint density at radius 1 is 0.893 bits per heavy atom. The van der Waals surface area contributed by atoms with Gasteiger partial charge in [0.1, 0.15) is 0 Å². The van der Waals surface area contributed by atoms with E-state index >= 15 is 0 Å². The highest BCUT2D eigenvalue weighted by atomic mass is 35.6. The topological polar surface area (TPSA) is 63.6 Å². The second kappa shape index (κ2) is 8.19. The average Bonchev–Trinajstić information content (AvgIpc) is 2.66. The smallest absolute Gasteiger partial charge is 0.250 e. The standard InChI is InChI=1S/C20H20Cl3N5/c1-19(2,3)14-9-7-13(8-10-14)16-26-17(20(21,22)23)28-18(27-16)25-12-15-6-4-5-11-24-15/h4-11H,12H2,1-3H3,(H,25,26,27,28). The molecule has 0 aliphatic carbocycles. The maximum atomic E-state index is 6.03. The van der Waals surface area contributed by atoms with Crippen molar-refractivity contribution < 1.29 is 0 Å². The number of halogens is 3. The van der Waals surface area contributed by atoms with E-state index in [9.17, 15) is 0 Å². The Morgan fingerprint density at radius 3 is 2.18 bits per heavy atom. The molecule has 2 heterocycles. The molecule has 3 rings (SSSR count). The number of nitrogens with one attached hydrogen (secondary N) is 1. The van der Waals surface area contributed by atoms with Crippen LogP contribution in [-0.4, -0.2) is 19.9 Å². The maximum Gasteiger partial charge on any atom is 0.250 e. The third kappa shape index (κ3) is 5.31. The van der Waals surface area contributed by atoms with Gasteiger partial charge in [0.2, 0.25) is 9.74 Å². The summed E-state index contributed by atoms with van der Waals surface area (Å²) in [6.07, 6.45) is 1.72. The van der Waals surface area contributed by atoms with Crippen LogP contribution >= 0.6 is 34.8 Å². The summed E-state index contributed by atoms with van der Waals surface area (Å²) in [6, 6.07) is 13.7. The summed E-state index contributed by atoms with van der Waals surface area (Å²) in [4.78, 5) is 17.3. The molecule has 0 spiro atoms. The zero-order chi connectivity index (χ0) is 20.4. The van der Waals surface area contributed by atoms with Crippen molar-refractivity contribution in [3.05, 3.63) is 65.7 Å². The summed E-state index contributed by atoms with van der Waals surface area (Å²) in [5.41, 5.74) is 2.91. The molecule has 0 saturated carbocycles. The summed E-state index contributed by atoms with van der Waals surface area (Å²) in [6.45, 7) is 6.91. The molecule has 0 fully saturated rings. The minimum Gasteiger partial charge on any atom is -0.348 e. The highest BCUT2D eigenvalue weighted by molar-refractivity contribution is 6.66. The van der Waals surface area contributed by atoms with E-state index in [1.165, 1.54) is 5.56 Å². The number of aromatic nitrogens is 4. The van der Waals surface area contributed by atoms with Gasteiger partial charge in [0.15, 0.2) is 11.6 Å². The van der Waals surface area contributed by atoms with Crippen molar-refractivity contribution in [2.75, 3.05) is 5.32 Å². The van der Waals surface area contributed by atoms with E-state index in [4.69, 9.17) is 34.8 Å². The van der Waals surface area contributed by atoms with E-state index in [0.717, 1.165) is 11.3 Å². The molecule has 0 aliphatic rings. The van der Waals surface area contributed by atoms with Gasteiger partial charge in [0.25, 0.3) is 0 Å². The first-order chi connectivity index (χ1) is 13.1. The number of nitrogens with zero attached hydrogens (tertiary/aromatic N) is 4. The Hall–Kier alpha value is -1.95. The van der Waals surface area contributed by atoms with E-state index < -0.39 is 3.79 Å². The quantitative estimate of drug-likeness (QED) is 0.534. The zero-order valence-corrected chi connectivity index (χ0v) is 18.0. The normalized spacial score (nSPS) is 12.1. The summed E-state index contributed by atoms with van der Waals surface area (Å²) >= 11 is 18.1. The van der Waals surface area contributed by atoms with Crippen molar-refractivity contribution in [1.82, 2.24) is 19.9 Å². The number of rotatable bonds is 4. The van der Waals surface area contributed by atoms with Gasteiger partial charge in [-0.3, -0.25) is 4.98 Å². The summed E-state index contributed by atoms with van der Waals surface area (Å²) in [7, 11) is 0. The molecule has 3 aromatic rings. The molecule has 0 saturated heterocycles. The van der Waals surface area contributed by atoms with Crippen LogP contribution in [-0.2, 0) is 15.8 Å². The molecular formula is C20H20Cl3N5. The number of anilines is 1. The first kappa shape index (κ1) is 20.8. The van der Waals surface area contributed by atoms with E-state index in [1.807, 2.05) is 30.3 Å². The second-order valence-electron chi connectivity index (χ2n) is 7.31. The first-order valence-corrected chi connectivity index (χ1v) is 9.84. The van der Waals surface area contributed by atoms with Crippen LogP contribution in [0.2, 0.25) is 0 Å². The highest BCUT2D eigenvalue weighted by Gasteiger charge is 2.28. The van der Waals surface area contributed by atoms with Crippen molar-refractivity contribution in [2.24, 2.45) is 0 Å². The monoisotopic (exact) mass is 435 g/mol. The van der Waals surface area contributed by atoms with Gasteiger partial charge in [-0.15, -0.1) is 0 Å². The third-order valence-electron chi connectivity index (χ3n) is 4.05. The third-order valence-corrected chi connectivity index (χ3v) is 4.56. The second-order valence-corrected chi connectivity index (χ2v) is 9.59. The van der Waals surface area contributed by atoms with Crippen LogP contribution in [0.3, 0.4) is 0 Å². The molecule has 5 nitrogen and oxygen atoms in total. The van der Waals surface area contributed by atoms with Gasteiger partial charge in [-0.1, -0.05) is 85.9 Å². The van der Waals surface area contributed by atoms with Gasteiger partial charge in [-0.25, -0.2) is 4.98 Å². The summed E-state index contributed by atoms with van der Waals surface area (Å²) < 4.78 is -1.76. The van der Waals surface area contributed by atoms with Gasteiger partial charge < -0.3 is 5.32 Å². The molecule has 28 heavy (non-hydrogen) atoms. The van der Waals surface area contributed by atoms with Crippen LogP contribution in [0, 0.1) is 0 Å². The van der Waals surface area contributed by atoms with Gasteiger partial charge in [0.05, 0.1) is 12.2 Å². The fraction of sp³-hybridized carbons (Fsp3) is 0.300. The van der Waals surface area contributed by atoms with Gasteiger partial charge in [0, 0.05) is 11.8 Å². The van der Waals surface area contributed by atoms with Crippen LogP contribution in [0.25, 0.3) is 11.4 Å². The van der Waals surface area contributed by atoms with E-state index in [1.54, 1.807) is 6.20 Å². The minimum absolute atomic E-state index is 0.0513. The molecule has 0 amide bonds. The molecule has 0 bridgehead atoms. The number of hydrogen-bond donors (Lipinski definition) is 1. The van der Waals surface area contributed by atoms with Crippen molar-refractivity contribution in [3.8, 4) is 11.4 Å². The van der Waals surface area contributed by atoms with E-state index in [-0.39, 0.29) is 11.2 Å². The average molecular weight is 437 g/mol. The van der Waals surface area contributed by atoms with Gasteiger partial charge in [-0.05, 0) is 23.1 Å². The maximum absolute atomic E-state index is 6.03. The number of alkyl halides is 3. The zero-order valence-electron chi connectivity index (χ0n) is 15.7. The number of pyridine rings is 1. The van der Waals surface area contributed by atoms with Crippen molar-refractivity contribution in [3.63, 3.8) is 0 Å². The largest absolute Gasteiger partial charge is 0.348 e. The van der Waals surface area contributed by atoms with E-state index in [2.05, 4.69) is 58.2 Å². The Kier molecular flexibility index (Phi) is 6.08. The lowest BCUT2D eigenvalue weighted by Gasteiger charge is -2.19. The van der Waals surface area contributed by atoms with Crippen LogP contribution < -0.4 is 5.32 Å². The fourth-order valence-electron chi connectivity index (χ4n) is 2.50. The van der Waals surface area contributed by atoms with E-state index in [0.29, 0.717) is 18.3 Å². The summed E-state index contributed by atoms with van der Waals surface area (Å²) in [5, 5.41) is 3.12. The van der Waals surface area contributed by atoms with Crippen molar-refractivity contribution >= 4 is 40.8 Å². The Morgan fingerprint density at radius 2 is 1.61 bits per heavy atom. The molecular weight excluding hydrogens is 417 g/mol. The lowest BCUT2D eigenvalue weighted by atomic mass is 9.87. The molecule has 146 valence electrons. The van der Waals surface area contributed by atoms with Crippen LogP contribution in [0.15, 0.2) is 48.7 Å². The molecule has 8 heteroatoms. The summed E-state index contributed by atoms with van der Waals surface area (Å²) in [5.74, 6) is 0.808. The predicted octanol–water partition coefficient (Wildman–Crippen LogP) is 5.67. The molecule has 0 unspecified atom stereocenters. The molecule has 0 atom stereocenters. The molecule has 2 aromatic heterocycles. The minimum atomic E-state index is -1.76. The van der Waals surface area contributed by atoms with Crippen LogP contribution in [0.1, 0.15) is 37.9 Å². The predicted molar refractivity (Wildman–Crippen MR) is 115 cm³/mol. The lowest BCUT2D eigenvalue weighted by molar-refractivity contribution is 0.590. The molecule has 0 aliphatic heterocycles. The first-order valence-electron chi connectivity index (χ1n) is 8.71. The SMILES string of the molecule is CC(C)(C)c1ccc(-c2nc(NCc3ccccn3)nc(C(Cl)(Cl)Cl)n2)cc1. The molecule has 1 aromatic carbocycles. The number of benzene rings is 1. The molecule has 1 N–H and O–H groups in total. The fourth-order valence-corrected chi connectivity index (χ4v) is 2.76. The van der Waals surface area contributed by atoms with Crippen LogP contribution in [0.4, 0.5) is 5.95 Å². The van der Waals surface area contributed by atoms with Crippen molar-refractivity contribution in [1.29, 1.82) is 0 Å². The lowest BCUT2D eigenvalue weighted by Crippen LogP contribution is -2.14.